The zero-order valence-corrected chi connectivity index (χ0v) is 10.1. The van der Waals surface area contributed by atoms with Gasteiger partial charge in [0.15, 0.2) is 0 Å². The maximum Gasteiger partial charge on any atom is 0.224 e. The average molecular weight is 260 g/mol. The lowest BCUT2D eigenvalue weighted by Crippen LogP contribution is -2.25. The zero-order chi connectivity index (χ0) is 11.7. The first-order chi connectivity index (χ1) is 7.58. The van der Waals surface area contributed by atoms with Gasteiger partial charge in [0.1, 0.15) is 5.82 Å². The van der Waals surface area contributed by atoms with Crippen LogP contribution in [0.1, 0.15) is 12.0 Å². The molecule has 1 unspecified atom stereocenters. The van der Waals surface area contributed by atoms with Gasteiger partial charge in [-0.3, -0.25) is 4.79 Å². The summed E-state index contributed by atoms with van der Waals surface area (Å²) < 4.78 is 13.6. The summed E-state index contributed by atoms with van der Waals surface area (Å²) in [6.45, 7) is 0.830. The van der Waals surface area contributed by atoms with Crippen LogP contribution >= 0.6 is 24.2 Å². The third-order valence-corrected chi connectivity index (χ3v) is 3.22. The van der Waals surface area contributed by atoms with Crippen molar-refractivity contribution in [2.24, 2.45) is 0 Å². The van der Waals surface area contributed by atoms with Crippen molar-refractivity contribution in [3.05, 3.63) is 34.6 Å². The van der Waals surface area contributed by atoms with E-state index in [1.165, 1.54) is 6.07 Å². The first kappa shape index (κ1) is 11.7. The van der Waals surface area contributed by atoms with Crippen LogP contribution in [-0.4, -0.2) is 22.6 Å². The molecular weight excluding hydrogens is 249 g/mol. The van der Waals surface area contributed by atoms with E-state index in [0.29, 0.717) is 18.5 Å². The van der Waals surface area contributed by atoms with Gasteiger partial charge in [-0.1, -0.05) is 23.7 Å². The number of benzene rings is 1. The number of rotatable bonds is 2. The van der Waals surface area contributed by atoms with E-state index in [1.54, 1.807) is 17.0 Å². The molecule has 1 saturated heterocycles. The Hall–Kier alpha value is -0.740. The van der Waals surface area contributed by atoms with Crippen LogP contribution in [0.3, 0.4) is 0 Å². The van der Waals surface area contributed by atoms with Crippen LogP contribution in [0, 0.1) is 5.82 Å². The zero-order valence-electron chi connectivity index (χ0n) is 8.49. The maximum atomic E-state index is 13.6. The van der Waals surface area contributed by atoms with E-state index in [1.807, 2.05) is 0 Å². The molecule has 0 aliphatic carbocycles. The number of nitrogens with zero attached hydrogens (tertiary/aromatic N) is 1. The molecule has 0 bridgehead atoms. The van der Waals surface area contributed by atoms with Crippen molar-refractivity contribution in [3.8, 4) is 0 Å². The van der Waals surface area contributed by atoms with E-state index < -0.39 is 5.82 Å². The van der Waals surface area contributed by atoms with Crippen LogP contribution in [0.15, 0.2) is 18.2 Å². The van der Waals surface area contributed by atoms with E-state index >= 15 is 0 Å². The van der Waals surface area contributed by atoms with Crippen LogP contribution in [0.2, 0.25) is 5.02 Å². The van der Waals surface area contributed by atoms with Gasteiger partial charge in [-0.05, 0) is 6.07 Å². The third kappa shape index (κ3) is 2.33. The molecule has 1 amide bonds. The molecule has 0 spiro atoms. The van der Waals surface area contributed by atoms with E-state index in [4.69, 9.17) is 11.6 Å². The molecule has 1 aliphatic heterocycles. The molecule has 0 saturated carbocycles. The second-order valence-electron chi connectivity index (χ2n) is 3.85. The van der Waals surface area contributed by atoms with Gasteiger partial charge in [-0.2, -0.15) is 12.6 Å². The minimum Gasteiger partial charge on any atom is -0.337 e. The van der Waals surface area contributed by atoms with E-state index in [9.17, 15) is 9.18 Å². The molecule has 5 heteroatoms. The van der Waals surface area contributed by atoms with Crippen LogP contribution in [0.25, 0.3) is 0 Å². The van der Waals surface area contributed by atoms with Crippen LogP contribution in [0.4, 0.5) is 4.39 Å². The van der Waals surface area contributed by atoms with E-state index in [0.717, 1.165) is 0 Å². The maximum absolute atomic E-state index is 13.6. The molecule has 1 aromatic carbocycles. The second kappa shape index (κ2) is 4.63. The van der Waals surface area contributed by atoms with Crippen molar-refractivity contribution in [1.82, 2.24) is 4.90 Å². The highest BCUT2D eigenvalue weighted by Crippen LogP contribution is 2.22. The van der Waals surface area contributed by atoms with Gasteiger partial charge >= 0.3 is 0 Å². The average Bonchev–Trinajstić information content (AvgIpc) is 2.53. The highest BCUT2D eigenvalue weighted by Gasteiger charge is 2.27. The fourth-order valence-corrected chi connectivity index (χ4v) is 2.33. The normalized spacial score (nSPS) is 20.6. The van der Waals surface area contributed by atoms with Crippen LogP contribution < -0.4 is 0 Å². The van der Waals surface area contributed by atoms with Crippen LogP contribution in [-0.2, 0) is 11.3 Å². The quantitative estimate of drug-likeness (QED) is 0.810. The topological polar surface area (TPSA) is 20.3 Å². The van der Waals surface area contributed by atoms with Crippen molar-refractivity contribution in [1.29, 1.82) is 0 Å². The predicted octanol–water partition coefficient (Wildman–Crippen LogP) is 2.51. The highest BCUT2D eigenvalue weighted by molar-refractivity contribution is 7.81. The van der Waals surface area contributed by atoms with Gasteiger partial charge in [0, 0.05) is 30.3 Å². The summed E-state index contributed by atoms with van der Waals surface area (Å²) in [7, 11) is 0. The summed E-state index contributed by atoms with van der Waals surface area (Å²) in [5.74, 6) is -0.432. The highest BCUT2D eigenvalue weighted by atomic mass is 35.5. The first-order valence-electron chi connectivity index (χ1n) is 4.96. The Morgan fingerprint density at radius 2 is 2.31 bits per heavy atom. The molecule has 0 N–H and O–H groups in total. The minimum atomic E-state index is -0.445. The molecule has 1 aromatic rings. The number of carbonyl (C=O) groups is 1. The Bertz CT molecular complexity index is 426. The Labute approximate surface area is 104 Å². The standard InChI is InChI=1S/C11H11ClFNOS/c12-9-3-1-2-7(11(9)13)5-14-6-8(16)4-10(14)15/h1-3,8,16H,4-6H2. The SMILES string of the molecule is O=C1CC(S)CN1Cc1cccc(Cl)c1F. The molecule has 0 aromatic heterocycles. The molecule has 0 radical (unpaired) electrons. The van der Waals surface area contributed by atoms with Crippen molar-refractivity contribution in [2.45, 2.75) is 18.2 Å². The Morgan fingerprint density at radius 1 is 1.56 bits per heavy atom. The minimum absolute atomic E-state index is 0.0133. The molecule has 1 heterocycles. The Morgan fingerprint density at radius 3 is 2.94 bits per heavy atom. The summed E-state index contributed by atoms with van der Waals surface area (Å²) >= 11 is 9.91. The van der Waals surface area contributed by atoms with Crippen molar-refractivity contribution < 1.29 is 9.18 Å². The third-order valence-electron chi connectivity index (χ3n) is 2.59. The largest absolute Gasteiger partial charge is 0.337 e. The lowest BCUT2D eigenvalue weighted by molar-refractivity contribution is -0.128. The van der Waals surface area contributed by atoms with E-state index in [2.05, 4.69) is 12.6 Å². The Balaban J connectivity index is 2.15. The lowest BCUT2D eigenvalue weighted by atomic mass is 10.2. The predicted molar refractivity (Wildman–Crippen MR) is 64.2 cm³/mol. The molecule has 16 heavy (non-hydrogen) atoms. The number of thiol groups is 1. The van der Waals surface area contributed by atoms with Crippen molar-refractivity contribution in [2.75, 3.05) is 6.54 Å². The number of halogens is 2. The number of amides is 1. The van der Waals surface area contributed by atoms with Crippen LogP contribution in [0.5, 0.6) is 0 Å². The summed E-state index contributed by atoms with van der Waals surface area (Å²) in [5.41, 5.74) is 0.447. The van der Waals surface area contributed by atoms with Gasteiger partial charge in [-0.15, -0.1) is 0 Å². The molecule has 1 aliphatic rings. The molecule has 1 fully saturated rings. The smallest absolute Gasteiger partial charge is 0.224 e. The second-order valence-corrected chi connectivity index (χ2v) is 4.98. The number of hydrogen-bond donors (Lipinski definition) is 1. The molecule has 2 nitrogen and oxygen atoms in total. The number of carbonyl (C=O) groups excluding carboxylic acids is 1. The number of hydrogen-bond acceptors (Lipinski definition) is 2. The summed E-state index contributed by atoms with van der Waals surface area (Å²) in [6.07, 6.45) is 0.422. The fourth-order valence-electron chi connectivity index (χ4n) is 1.78. The van der Waals surface area contributed by atoms with Crippen molar-refractivity contribution >= 4 is 30.1 Å². The number of likely N-dealkylation sites (tertiary alicyclic amines) is 1. The van der Waals surface area contributed by atoms with Crippen molar-refractivity contribution in [3.63, 3.8) is 0 Å². The first-order valence-corrected chi connectivity index (χ1v) is 5.86. The Kier molecular flexibility index (Phi) is 3.40. The molecular formula is C11H11ClFNOS. The summed E-state index contributed by atoms with van der Waals surface area (Å²) in [5, 5.41) is 0.140. The molecule has 1 atom stereocenters. The van der Waals surface area contributed by atoms with Gasteiger partial charge in [-0.25, -0.2) is 4.39 Å². The molecule has 2 rings (SSSR count). The lowest BCUT2D eigenvalue weighted by Gasteiger charge is -2.16. The summed E-state index contributed by atoms with van der Waals surface area (Å²) in [6, 6.07) is 4.81. The fraction of sp³-hybridized carbons (Fsp3) is 0.364. The van der Waals surface area contributed by atoms with E-state index in [-0.39, 0.29) is 22.7 Å². The monoisotopic (exact) mass is 259 g/mol. The summed E-state index contributed by atoms with van der Waals surface area (Å²) in [4.78, 5) is 13.1. The van der Waals surface area contributed by atoms with Gasteiger partial charge in [0.05, 0.1) is 5.02 Å². The molecule has 86 valence electrons. The van der Waals surface area contributed by atoms with Gasteiger partial charge in [0.2, 0.25) is 5.91 Å². The van der Waals surface area contributed by atoms with Gasteiger partial charge in [0.25, 0.3) is 0 Å². The van der Waals surface area contributed by atoms with Gasteiger partial charge < -0.3 is 4.90 Å².